The van der Waals surface area contributed by atoms with E-state index in [-0.39, 0.29) is 5.54 Å². The van der Waals surface area contributed by atoms with Crippen LogP contribution in [0.25, 0.3) is 0 Å². The number of rotatable bonds is 3. The Hall–Kier alpha value is -1.09. The summed E-state index contributed by atoms with van der Waals surface area (Å²) in [4.78, 5) is 7.01. The van der Waals surface area contributed by atoms with Crippen LogP contribution in [0, 0.1) is 5.92 Å². The van der Waals surface area contributed by atoms with Crippen molar-refractivity contribution in [2.75, 3.05) is 18.0 Å². The van der Waals surface area contributed by atoms with Gasteiger partial charge >= 0.3 is 0 Å². The molecule has 2 heterocycles. The highest BCUT2D eigenvalue weighted by molar-refractivity contribution is 5.46. The van der Waals surface area contributed by atoms with E-state index in [0.717, 1.165) is 18.2 Å². The van der Waals surface area contributed by atoms with Gasteiger partial charge in [0.2, 0.25) is 0 Å². The fourth-order valence-electron chi connectivity index (χ4n) is 2.64. The van der Waals surface area contributed by atoms with Gasteiger partial charge in [-0.05, 0) is 58.1 Å². The van der Waals surface area contributed by atoms with Crippen LogP contribution in [0.3, 0.4) is 0 Å². The van der Waals surface area contributed by atoms with Gasteiger partial charge in [-0.2, -0.15) is 0 Å². The van der Waals surface area contributed by atoms with Crippen LogP contribution >= 0.6 is 0 Å². The van der Waals surface area contributed by atoms with Crippen molar-refractivity contribution in [3.8, 4) is 0 Å². The van der Waals surface area contributed by atoms with Gasteiger partial charge in [0.15, 0.2) is 0 Å². The van der Waals surface area contributed by atoms with E-state index in [1.165, 1.54) is 38.0 Å². The predicted molar refractivity (Wildman–Crippen MR) is 86.1 cm³/mol. The number of anilines is 1. The zero-order chi connectivity index (χ0) is 14.6. The third kappa shape index (κ3) is 4.78. The van der Waals surface area contributed by atoms with Crippen LogP contribution in [0.2, 0.25) is 0 Å². The lowest BCUT2D eigenvalue weighted by molar-refractivity contribution is 0.421. The molecule has 2 rings (SSSR count). The lowest BCUT2D eigenvalue weighted by Crippen LogP contribution is -2.35. The lowest BCUT2D eigenvalue weighted by atomic mass is 10.0. The van der Waals surface area contributed by atoms with Crippen LogP contribution in [0.5, 0.6) is 0 Å². The molecule has 0 radical (unpaired) electrons. The summed E-state index contributed by atoms with van der Waals surface area (Å²) in [5, 5.41) is 3.51. The Labute approximate surface area is 123 Å². The minimum atomic E-state index is 0.135. The van der Waals surface area contributed by atoms with Crippen LogP contribution in [-0.2, 0) is 6.54 Å². The summed E-state index contributed by atoms with van der Waals surface area (Å²) in [6, 6.07) is 4.39. The molecule has 0 saturated carbocycles. The molecule has 3 nitrogen and oxygen atoms in total. The van der Waals surface area contributed by atoms with E-state index in [9.17, 15) is 0 Å². The van der Waals surface area contributed by atoms with Crippen molar-refractivity contribution in [2.24, 2.45) is 5.92 Å². The molecule has 112 valence electrons. The van der Waals surface area contributed by atoms with Crippen LogP contribution < -0.4 is 10.2 Å². The summed E-state index contributed by atoms with van der Waals surface area (Å²) in [5.74, 6) is 0.865. The van der Waals surface area contributed by atoms with Gasteiger partial charge in [0.25, 0.3) is 0 Å². The van der Waals surface area contributed by atoms with Gasteiger partial charge in [0.1, 0.15) is 0 Å². The largest absolute Gasteiger partial charge is 0.371 e. The molecule has 1 aromatic heterocycles. The zero-order valence-electron chi connectivity index (χ0n) is 13.4. The van der Waals surface area contributed by atoms with Gasteiger partial charge in [-0.1, -0.05) is 6.92 Å². The Morgan fingerprint density at radius 3 is 2.85 bits per heavy atom. The molecule has 1 aliphatic heterocycles. The molecule has 1 saturated heterocycles. The maximum absolute atomic E-state index is 4.49. The van der Waals surface area contributed by atoms with E-state index in [2.05, 4.69) is 55.0 Å². The normalized spacial score (nSPS) is 20.8. The van der Waals surface area contributed by atoms with Crippen molar-refractivity contribution in [1.29, 1.82) is 0 Å². The standard InChI is InChI=1S/C17H29N3/c1-14-6-5-10-20(11-8-14)16-7-9-18-15(12-16)13-19-17(2,3)4/h7,9,12,14,19H,5-6,8,10-11,13H2,1-4H3. The summed E-state index contributed by atoms with van der Waals surface area (Å²) in [6.07, 6.45) is 5.92. The minimum Gasteiger partial charge on any atom is -0.371 e. The maximum Gasteiger partial charge on any atom is 0.0562 e. The summed E-state index contributed by atoms with van der Waals surface area (Å²) >= 11 is 0. The summed E-state index contributed by atoms with van der Waals surface area (Å²) < 4.78 is 0. The van der Waals surface area contributed by atoms with Crippen LogP contribution in [0.15, 0.2) is 18.3 Å². The van der Waals surface area contributed by atoms with Gasteiger partial charge in [-0.15, -0.1) is 0 Å². The van der Waals surface area contributed by atoms with Gasteiger partial charge in [0, 0.05) is 37.1 Å². The van der Waals surface area contributed by atoms with Crippen LogP contribution in [0.4, 0.5) is 5.69 Å². The molecule has 1 aliphatic rings. The van der Waals surface area contributed by atoms with Gasteiger partial charge in [-0.25, -0.2) is 0 Å². The minimum absolute atomic E-state index is 0.135. The molecule has 1 aromatic rings. The quantitative estimate of drug-likeness (QED) is 0.913. The molecule has 1 fully saturated rings. The summed E-state index contributed by atoms with van der Waals surface area (Å²) in [5.41, 5.74) is 2.60. The highest BCUT2D eigenvalue weighted by Crippen LogP contribution is 2.22. The Balaban J connectivity index is 2.01. The second-order valence-electron chi connectivity index (χ2n) is 7.13. The first-order chi connectivity index (χ1) is 9.44. The number of aromatic nitrogens is 1. The highest BCUT2D eigenvalue weighted by atomic mass is 15.1. The summed E-state index contributed by atoms with van der Waals surface area (Å²) in [7, 11) is 0. The molecule has 1 atom stereocenters. The Kier molecular flexibility index (Phi) is 5.03. The van der Waals surface area contributed by atoms with Crippen LogP contribution in [0.1, 0.15) is 52.7 Å². The van der Waals surface area contributed by atoms with Crippen molar-refractivity contribution in [2.45, 2.75) is 59.0 Å². The Bertz CT molecular complexity index is 422. The van der Waals surface area contributed by atoms with E-state index >= 15 is 0 Å². The van der Waals surface area contributed by atoms with E-state index in [1.807, 2.05) is 6.20 Å². The SMILES string of the molecule is CC1CCCN(c2ccnc(CNC(C)(C)C)c2)CC1. The molecular formula is C17H29N3. The average molecular weight is 275 g/mol. The number of pyridine rings is 1. The average Bonchev–Trinajstić information content (AvgIpc) is 2.61. The van der Waals surface area contributed by atoms with Crippen molar-refractivity contribution in [3.63, 3.8) is 0 Å². The van der Waals surface area contributed by atoms with Crippen molar-refractivity contribution in [1.82, 2.24) is 10.3 Å². The molecule has 0 spiro atoms. The van der Waals surface area contributed by atoms with E-state index in [1.54, 1.807) is 0 Å². The monoisotopic (exact) mass is 275 g/mol. The molecular weight excluding hydrogens is 246 g/mol. The first-order valence-electron chi connectivity index (χ1n) is 7.89. The zero-order valence-corrected chi connectivity index (χ0v) is 13.4. The molecule has 0 amide bonds. The highest BCUT2D eigenvalue weighted by Gasteiger charge is 2.15. The van der Waals surface area contributed by atoms with Gasteiger partial charge in [0.05, 0.1) is 5.69 Å². The smallest absolute Gasteiger partial charge is 0.0562 e. The first kappa shape index (κ1) is 15.3. The second kappa shape index (κ2) is 6.57. The third-order valence-corrected chi connectivity index (χ3v) is 3.98. The van der Waals surface area contributed by atoms with Crippen molar-refractivity contribution in [3.05, 3.63) is 24.0 Å². The predicted octanol–water partition coefficient (Wildman–Crippen LogP) is 3.60. The summed E-state index contributed by atoms with van der Waals surface area (Å²) in [6.45, 7) is 12.1. The second-order valence-corrected chi connectivity index (χ2v) is 7.13. The van der Waals surface area contributed by atoms with Gasteiger partial charge in [-0.3, -0.25) is 4.98 Å². The van der Waals surface area contributed by atoms with Crippen molar-refractivity contribution >= 4 is 5.69 Å². The van der Waals surface area contributed by atoms with Crippen molar-refractivity contribution < 1.29 is 0 Å². The number of hydrogen-bond donors (Lipinski definition) is 1. The third-order valence-electron chi connectivity index (χ3n) is 3.98. The molecule has 1 N–H and O–H groups in total. The molecule has 20 heavy (non-hydrogen) atoms. The Morgan fingerprint density at radius 2 is 2.10 bits per heavy atom. The molecule has 0 aliphatic carbocycles. The topological polar surface area (TPSA) is 28.2 Å². The van der Waals surface area contributed by atoms with Gasteiger partial charge < -0.3 is 10.2 Å². The molecule has 3 heteroatoms. The Morgan fingerprint density at radius 1 is 1.30 bits per heavy atom. The fourth-order valence-corrected chi connectivity index (χ4v) is 2.64. The van der Waals surface area contributed by atoms with E-state index in [4.69, 9.17) is 0 Å². The van der Waals surface area contributed by atoms with E-state index < -0.39 is 0 Å². The number of nitrogens with one attached hydrogen (secondary N) is 1. The van der Waals surface area contributed by atoms with E-state index in [0.29, 0.717) is 0 Å². The fraction of sp³-hybridized carbons (Fsp3) is 0.706. The lowest BCUT2D eigenvalue weighted by Gasteiger charge is -2.24. The number of hydrogen-bond acceptors (Lipinski definition) is 3. The maximum atomic E-state index is 4.49. The molecule has 0 aromatic carbocycles. The molecule has 1 unspecified atom stereocenters. The number of nitrogens with zero attached hydrogens (tertiary/aromatic N) is 2. The first-order valence-corrected chi connectivity index (χ1v) is 7.89. The molecule has 0 bridgehead atoms. The van der Waals surface area contributed by atoms with Crippen LogP contribution in [-0.4, -0.2) is 23.6 Å².